The molecule has 110 valence electrons. The van der Waals surface area contributed by atoms with Crippen molar-refractivity contribution < 1.29 is 13.9 Å². The molecule has 1 aliphatic heterocycles. The van der Waals surface area contributed by atoms with Crippen LogP contribution in [0.4, 0.5) is 9.18 Å². The molecular weight excluding hydrogens is 259 g/mol. The first-order valence-corrected chi connectivity index (χ1v) is 6.79. The maximum Gasteiger partial charge on any atom is 0.410 e. The van der Waals surface area contributed by atoms with Gasteiger partial charge in [0, 0.05) is 18.2 Å². The molecular formula is C15H21FN2O2. The summed E-state index contributed by atoms with van der Waals surface area (Å²) in [5.41, 5.74) is 6.76. The summed E-state index contributed by atoms with van der Waals surface area (Å²) in [4.78, 5) is 13.6. The number of fused-ring (bicyclic) bond motifs is 1. The molecule has 1 amide bonds. The summed E-state index contributed by atoms with van der Waals surface area (Å²) < 4.78 is 19.3. The molecule has 0 unspecified atom stereocenters. The van der Waals surface area contributed by atoms with Gasteiger partial charge in [-0.05, 0) is 38.8 Å². The van der Waals surface area contributed by atoms with E-state index in [1.165, 1.54) is 11.0 Å². The van der Waals surface area contributed by atoms with Crippen LogP contribution in [0.1, 0.15) is 44.4 Å². The van der Waals surface area contributed by atoms with Crippen molar-refractivity contribution in [1.29, 1.82) is 0 Å². The Kier molecular flexibility index (Phi) is 3.99. The molecule has 1 aromatic carbocycles. The van der Waals surface area contributed by atoms with Crippen LogP contribution in [0.25, 0.3) is 0 Å². The van der Waals surface area contributed by atoms with Gasteiger partial charge >= 0.3 is 6.09 Å². The first kappa shape index (κ1) is 14.8. The molecule has 2 N–H and O–H groups in total. The fourth-order valence-electron chi connectivity index (χ4n) is 2.29. The number of hydrogen-bond acceptors (Lipinski definition) is 3. The molecule has 4 nitrogen and oxygen atoms in total. The van der Waals surface area contributed by atoms with Gasteiger partial charge in [0.1, 0.15) is 11.4 Å². The lowest BCUT2D eigenvalue weighted by atomic mass is 10.00. The minimum absolute atomic E-state index is 0.199. The van der Waals surface area contributed by atoms with Crippen molar-refractivity contribution in [2.75, 3.05) is 6.54 Å². The Bertz CT molecular complexity index is 511. The van der Waals surface area contributed by atoms with E-state index in [2.05, 4.69) is 0 Å². The van der Waals surface area contributed by atoms with Gasteiger partial charge in [0.2, 0.25) is 0 Å². The lowest BCUT2D eigenvalue weighted by molar-refractivity contribution is 0.0233. The average Bonchev–Trinajstić information content (AvgIpc) is 2.49. The van der Waals surface area contributed by atoms with Crippen LogP contribution in [0.2, 0.25) is 0 Å². The van der Waals surface area contributed by atoms with Gasteiger partial charge in [0.05, 0.1) is 6.54 Å². The third-order valence-corrected chi connectivity index (χ3v) is 3.27. The maximum absolute atomic E-state index is 14.0. The molecule has 0 spiro atoms. The monoisotopic (exact) mass is 280 g/mol. The molecule has 0 aliphatic carbocycles. The minimum atomic E-state index is -0.566. The Morgan fingerprint density at radius 1 is 1.45 bits per heavy atom. The third-order valence-electron chi connectivity index (χ3n) is 3.27. The number of hydrogen-bond donors (Lipinski definition) is 1. The lowest BCUT2D eigenvalue weighted by Crippen LogP contribution is -2.36. The summed E-state index contributed by atoms with van der Waals surface area (Å²) >= 11 is 0. The van der Waals surface area contributed by atoms with Crippen LogP contribution in [0, 0.1) is 5.82 Å². The highest BCUT2D eigenvalue weighted by Crippen LogP contribution is 2.27. The summed E-state index contributed by atoms with van der Waals surface area (Å²) in [6.45, 7) is 6.09. The van der Waals surface area contributed by atoms with E-state index in [4.69, 9.17) is 10.5 Å². The molecule has 20 heavy (non-hydrogen) atoms. The van der Waals surface area contributed by atoms with Crippen LogP contribution in [0.3, 0.4) is 0 Å². The Labute approximate surface area is 118 Å². The van der Waals surface area contributed by atoms with Crippen LogP contribution in [-0.2, 0) is 11.3 Å². The molecule has 5 heteroatoms. The smallest absolute Gasteiger partial charge is 0.410 e. The summed E-state index contributed by atoms with van der Waals surface area (Å²) in [5.74, 6) is -0.326. The van der Waals surface area contributed by atoms with E-state index in [1.54, 1.807) is 6.07 Å². The molecule has 1 aromatic rings. The first-order chi connectivity index (χ1) is 9.28. The van der Waals surface area contributed by atoms with E-state index in [0.29, 0.717) is 18.5 Å². The van der Waals surface area contributed by atoms with Crippen molar-refractivity contribution in [1.82, 2.24) is 4.90 Å². The number of ether oxygens (including phenoxy) is 1. The molecule has 2 rings (SSSR count). The highest BCUT2D eigenvalue weighted by Gasteiger charge is 2.28. The fraction of sp³-hybridized carbons (Fsp3) is 0.533. The maximum atomic E-state index is 14.0. The summed E-state index contributed by atoms with van der Waals surface area (Å²) in [5, 5.41) is 0. The highest BCUT2D eigenvalue weighted by molar-refractivity contribution is 5.68. The second kappa shape index (κ2) is 5.40. The number of rotatable bonds is 0. The SMILES string of the molecule is CC(C)(C)OC(=O)N1CC[C@H](N)c2cccc(F)c2C1. The molecule has 0 saturated heterocycles. The van der Waals surface area contributed by atoms with Crippen molar-refractivity contribution in [3.8, 4) is 0 Å². The Morgan fingerprint density at radius 3 is 2.80 bits per heavy atom. The molecule has 0 fully saturated rings. The predicted molar refractivity (Wildman–Crippen MR) is 74.6 cm³/mol. The summed E-state index contributed by atoms with van der Waals surface area (Å²) in [7, 11) is 0. The Hall–Kier alpha value is -1.62. The number of carbonyl (C=O) groups is 1. The Morgan fingerprint density at radius 2 is 2.15 bits per heavy atom. The molecule has 1 atom stereocenters. The van der Waals surface area contributed by atoms with Crippen LogP contribution in [-0.4, -0.2) is 23.1 Å². The molecule has 0 bridgehead atoms. The normalized spacial score (nSPS) is 19.2. The molecule has 1 heterocycles. The van der Waals surface area contributed by atoms with Gasteiger partial charge in [-0.3, -0.25) is 0 Å². The number of carbonyl (C=O) groups excluding carboxylic acids is 1. The van der Waals surface area contributed by atoms with Crippen LogP contribution in [0.5, 0.6) is 0 Å². The quantitative estimate of drug-likeness (QED) is 0.795. The van der Waals surface area contributed by atoms with Crippen molar-refractivity contribution in [3.63, 3.8) is 0 Å². The van der Waals surface area contributed by atoms with E-state index in [9.17, 15) is 9.18 Å². The van der Waals surface area contributed by atoms with E-state index in [0.717, 1.165) is 5.56 Å². The van der Waals surface area contributed by atoms with Gasteiger partial charge in [-0.25, -0.2) is 9.18 Å². The van der Waals surface area contributed by atoms with Gasteiger partial charge in [0.25, 0.3) is 0 Å². The lowest BCUT2D eigenvalue weighted by Gasteiger charge is -2.26. The number of nitrogens with two attached hydrogens (primary N) is 1. The van der Waals surface area contributed by atoms with Crippen molar-refractivity contribution in [2.24, 2.45) is 5.73 Å². The standard InChI is InChI=1S/C15H21FN2O2/c1-15(2,3)20-14(19)18-8-7-13(17)10-5-4-6-12(16)11(10)9-18/h4-6,13H,7-9,17H2,1-3H3/t13-/m0/s1. The minimum Gasteiger partial charge on any atom is -0.444 e. The van der Waals surface area contributed by atoms with E-state index >= 15 is 0 Å². The zero-order chi connectivity index (χ0) is 14.9. The zero-order valence-electron chi connectivity index (χ0n) is 12.1. The fourth-order valence-corrected chi connectivity index (χ4v) is 2.29. The predicted octanol–water partition coefficient (Wildman–Crippen LogP) is 2.97. The zero-order valence-corrected chi connectivity index (χ0v) is 12.1. The van der Waals surface area contributed by atoms with Gasteiger partial charge in [-0.1, -0.05) is 12.1 Å². The van der Waals surface area contributed by atoms with Crippen LogP contribution in [0.15, 0.2) is 18.2 Å². The third kappa shape index (κ3) is 3.28. The second-order valence-corrected chi connectivity index (χ2v) is 6.10. The highest BCUT2D eigenvalue weighted by atomic mass is 19.1. The Balaban J connectivity index is 2.24. The average molecular weight is 280 g/mol. The summed E-state index contributed by atoms with van der Waals surface area (Å²) in [6, 6.07) is 4.61. The number of benzene rings is 1. The van der Waals surface area contributed by atoms with Crippen molar-refractivity contribution in [3.05, 3.63) is 35.1 Å². The number of amides is 1. The molecule has 1 aliphatic rings. The number of halogens is 1. The van der Waals surface area contributed by atoms with Crippen LogP contribution >= 0.6 is 0 Å². The second-order valence-electron chi connectivity index (χ2n) is 6.10. The molecule has 0 aromatic heterocycles. The van der Waals surface area contributed by atoms with E-state index in [-0.39, 0.29) is 18.4 Å². The molecule has 0 saturated carbocycles. The van der Waals surface area contributed by atoms with Crippen molar-refractivity contribution >= 4 is 6.09 Å². The topological polar surface area (TPSA) is 55.6 Å². The largest absolute Gasteiger partial charge is 0.444 e. The van der Waals surface area contributed by atoms with Gasteiger partial charge < -0.3 is 15.4 Å². The van der Waals surface area contributed by atoms with E-state index in [1.807, 2.05) is 26.8 Å². The van der Waals surface area contributed by atoms with Gasteiger partial charge in [-0.2, -0.15) is 0 Å². The van der Waals surface area contributed by atoms with Crippen molar-refractivity contribution in [2.45, 2.75) is 45.4 Å². The molecule has 0 radical (unpaired) electrons. The van der Waals surface area contributed by atoms with E-state index < -0.39 is 11.7 Å². The summed E-state index contributed by atoms with van der Waals surface area (Å²) in [6.07, 6.45) is 0.163. The van der Waals surface area contributed by atoms with Crippen LogP contribution < -0.4 is 5.73 Å². The number of nitrogens with zero attached hydrogens (tertiary/aromatic N) is 1. The van der Waals surface area contributed by atoms with Gasteiger partial charge in [0.15, 0.2) is 0 Å². The first-order valence-electron chi connectivity index (χ1n) is 6.79. The van der Waals surface area contributed by atoms with Gasteiger partial charge in [-0.15, -0.1) is 0 Å².